The summed E-state index contributed by atoms with van der Waals surface area (Å²) < 4.78 is 6.01. The Bertz CT molecular complexity index is 578. The van der Waals surface area contributed by atoms with Crippen molar-refractivity contribution < 1.29 is 4.74 Å². The molecule has 3 heteroatoms. The van der Waals surface area contributed by atoms with Crippen LogP contribution in [-0.2, 0) is 0 Å². The normalized spacial score (nSPS) is 20.2. The predicted octanol–water partition coefficient (Wildman–Crippen LogP) is 2.87. The first-order valence-corrected chi connectivity index (χ1v) is 5.96. The topological polar surface area (TPSA) is 47.6 Å². The molecular formula is C15H14N2O. The molecule has 0 spiro atoms. The van der Waals surface area contributed by atoms with E-state index < -0.39 is 0 Å². The molecule has 3 nitrogen and oxygen atoms in total. The van der Waals surface area contributed by atoms with E-state index in [0.717, 1.165) is 22.6 Å². The van der Waals surface area contributed by atoms with Gasteiger partial charge in [-0.25, -0.2) is 0 Å². The first-order chi connectivity index (χ1) is 8.88. The van der Waals surface area contributed by atoms with Gasteiger partial charge in [0.2, 0.25) is 0 Å². The third-order valence-electron chi connectivity index (χ3n) is 3.17. The lowest BCUT2D eigenvalue weighted by Crippen LogP contribution is -2.21. The van der Waals surface area contributed by atoms with E-state index >= 15 is 0 Å². The molecule has 1 aliphatic rings. The summed E-state index contributed by atoms with van der Waals surface area (Å²) >= 11 is 0. The summed E-state index contributed by atoms with van der Waals surface area (Å²) in [4.78, 5) is 0. The summed E-state index contributed by atoms with van der Waals surface area (Å²) in [6, 6.07) is 18.0. The van der Waals surface area contributed by atoms with Crippen molar-refractivity contribution in [3.8, 4) is 5.75 Å². The summed E-state index contributed by atoms with van der Waals surface area (Å²) in [5, 5.41) is 3.90. The highest BCUT2D eigenvalue weighted by molar-refractivity contribution is 6.03. The van der Waals surface area contributed by atoms with Gasteiger partial charge in [0.1, 0.15) is 11.9 Å². The zero-order valence-corrected chi connectivity index (χ0v) is 9.91. The monoisotopic (exact) mass is 238 g/mol. The fourth-order valence-corrected chi connectivity index (χ4v) is 2.26. The van der Waals surface area contributed by atoms with Crippen LogP contribution in [0.4, 0.5) is 0 Å². The van der Waals surface area contributed by atoms with Crippen molar-refractivity contribution in [3.63, 3.8) is 0 Å². The third-order valence-corrected chi connectivity index (χ3v) is 3.17. The number of hydrogen-bond donors (Lipinski definition) is 1. The fourth-order valence-electron chi connectivity index (χ4n) is 2.26. The van der Waals surface area contributed by atoms with E-state index in [0.29, 0.717) is 6.42 Å². The van der Waals surface area contributed by atoms with Crippen molar-refractivity contribution in [2.75, 3.05) is 0 Å². The summed E-state index contributed by atoms with van der Waals surface area (Å²) in [7, 11) is 0. The molecule has 3 rings (SSSR count). The number of nitrogens with zero attached hydrogens (tertiary/aromatic N) is 1. The molecule has 0 radical (unpaired) electrons. The number of hydrogen-bond acceptors (Lipinski definition) is 3. The second kappa shape index (κ2) is 4.53. The van der Waals surface area contributed by atoms with Crippen LogP contribution in [0.5, 0.6) is 5.75 Å². The molecule has 18 heavy (non-hydrogen) atoms. The van der Waals surface area contributed by atoms with Crippen LogP contribution in [0.15, 0.2) is 59.7 Å². The van der Waals surface area contributed by atoms with Crippen molar-refractivity contribution in [1.29, 1.82) is 0 Å². The summed E-state index contributed by atoms with van der Waals surface area (Å²) in [5.74, 6) is 6.34. The van der Waals surface area contributed by atoms with E-state index in [1.54, 1.807) is 0 Å². The third kappa shape index (κ3) is 1.84. The van der Waals surface area contributed by atoms with Crippen LogP contribution in [-0.4, -0.2) is 5.71 Å². The van der Waals surface area contributed by atoms with Gasteiger partial charge in [0, 0.05) is 12.0 Å². The Morgan fingerprint density at radius 2 is 1.72 bits per heavy atom. The molecule has 0 aliphatic carbocycles. The van der Waals surface area contributed by atoms with Crippen molar-refractivity contribution in [2.45, 2.75) is 12.5 Å². The number of ether oxygens (including phenoxy) is 1. The molecule has 0 amide bonds. The minimum Gasteiger partial charge on any atom is -0.485 e. The van der Waals surface area contributed by atoms with E-state index in [-0.39, 0.29) is 6.10 Å². The largest absolute Gasteiger partial charge is 0.485 e. The molecule has 0 fully saturated rings. The number of rotatable bonds is 1. The van der Waals surface area contributed by atoms with E-state index in [2.05, 4.69) is 17.2 Å². The molecule has 1 atom stereocenters. The maximum Gasteiger partial charge on any atom is 0.129 e. The minimum absolute atomic E-state index is 0.0107. The molecule has 2 aromatic carbocycles. The smallest absolute Gasteiger partial charge is 0.129 e. The molecule has 0 bridgehead atoms. The Morgan fingerprint density at radius 1 is 1.00 bits per heavy atom. The Morgan fingerprint density at radius 3 is 2.50 bits per heavy atom. The second-order valence-electron chi connectivity index (χ2n) is 4.29. The molecule has 1 heterocycles. The zero-order chi connectivity index (χ0) is 12.4. The van der Waals surface area contributed by atoms with Gasteiger partial charge in [-0.15, -0.1) is 0 Å². The highest BCUT2D eigenvalue weighted by Crippen LogP contribution is 2.34. The van der Waals surface area contributed by atoms with Crippen LogP contribution in [0.25, 0.3) is 0 Å². The molecule has 0 saturated carbocycles. The van der Waals surface area contributed by atoms with Gasteiger partial charge < -0.3 is 10.6 Å². The lowest BCUT2D eigenvalue weighted by molar-refractivity contribution is 0.206. The van der Waals surface area contributed by atoms with Crippen LogP contribution < -0.4 is 10.6 Å². The van der Waals surface area contributed by atoms with Crippen LogP contribution in [0.2, 0.25) is 0 Å². The first-order valence-electron chi connectivity index (χ1n) is 5.96. The maximum absolute atomic E-state index is 6.01. The molecule has 0 saturated heterocycles. The van der Waals surface area contributed by atoms with E-state index in [1.807, 2.05) is 42.5 Å². The van der Waals surface area contributed by atoms with Crippen molar-refractivity contribution in [2.24, 2.45) is 10.9 Å². The summed E-state index contributed by atoms with van der Waals surface area (Å²) in [5.41, 5.74) is 3.03. The van der Waals surface area contributed by atoms with E-state index in [1.165, 1.54) is 0 Å². The highest BCUT2D eigenvalue weighted by Gasteiger charge is 2.25. The second-order valence-corrected chi connectivity index (χ2v) is 4.29. The van der Waals surface area contributed by atoms with E-state index in [4.69, 9.17) is 10.6 Å². The number of hydrazone groups is 1. The first kappa shape index (κ1) is 10.8. The Kier molecular flexibility index (Phi) is 2.73. The summed E-state index contributed by atoms with van der Waals surface area (Å²) in [6.07, 6.45) is 0.695. The summed E-state index contributed by atoms with van der Waals surface area (Å²) in [6.45, 7) is 0. The number of nitrogens with two attached hydrogens (primary N) is 1. The maximum atomic E-state index is 6.01. The quantitative estimate of drug-likeness (QED) is 0.613. The van der Waals surface area contributed by atoms with Crippen molar-refractivity contribution in [3.05, 3.63) is 65.7 Å². The van der Waals surface area contributed by atoms with Crippen molar-refractivity contribution in [1.82, 2.24) is 0 Å². The van der Waals surface area contributed by atoms with Gasteiger partial charge in [0.15, 0.2) is 0 Å². The van der Waals surface area contributed by atoms with Crippen LogP contribution >= 0.6 is 0 Å². The van der Waals surface area contributed by atoms with Gasteiger partial charge in [-0.3, -0.25) is 0 Å². The lowest BCUT2D eigenvalue weighted by Gasteiger charge is -2.27. The molecule has 90 valence electrons. The minimum atomic E-state index is -0.0107. The standard InChI is InChI=1S/C15H14N2O/c16-17-13-10-15(11-6-2-1-3-7-11)18-14-9-5-4-8-12(13)14/h1-9,15H,10,16H2/b17-13+. The van der Waals surface area contributed by atoms with Gasteiger partial charge in [-0.05, 0) is 17.7 Å². The average molecular weight is 238 g/mol. The SMILES string of the molecule is N/N=C1\CC(c2ccccc2)Oc2ccccc21. The van der Waals surface area contributed by atoms with Gasteiger partial charge in [0.25, 0.3) is 0 Å². The van der Waals surface area contributed by atoms with Crippen LogP contribution in [0.3, 0.4) is 0 Å². The van der Waals surface area contributed by atoms with E-state index in [9.17, 15) is 0 Å². The van der Waals surface area contributed by atoms with Crippen LogP contribution in [0.1, 0.15) is 23.7 Å². The average Bonchev–Trinajstić information content (AvgIpc) is 2.47. The number of para-hydroxylation sites is 1. The fraction of sp³-hybridized carbons (Fsp3) is 0.133. The molecule has 1 aliphatic heterocycles. The van der Waals surface area contributed by atoms with Crippen LogP contribution in [0, 0.1) is 0 Å². The van der Waals surface area contributed by atoms with Crippen molar-refractivity contribution >= 4 is 5.71 Å². The molecule has 1 unspecified atom stereocenters. The number of fused-ring (bicyclic) bond motifs is 1. The Balaban J connectivity index is 2.00. The molecule has 0 aromatic heterocycles. The van der Waals surface area contributed by atoms with Gasteiger partial charge >= 0.3 is 0 Å². The Labute approximate surface area is 106 Å². The van der Waals surface area contributed by atoms with Gasteiger partial charge in [-0.2, -0.15) is 5.10 Å². The lowest BCUT2D eigenvalue weighted by atomic mass is 9.96. The zero-order valence-electron chi connectivity index (χ0n) is 9.91. The Hall–Kier alpha value is -2.29. The number of benzene rings is 2. The molecule has 2 N–H and O–H groups in total. The molecule has 2 aromatic rings. The highest BCUT2D eigenvalue weighted by atomic mass is 16.5. The predicted molar refractivity (Wildman–Crippen MR) is 71.6 cm³/mol. The van der Waals surface area contributed by atoms with Gasteiger partial charge in [-0.1, -0.05) is 42.5 Å². The molecular weight excluding hydrogens is 224 g/mol. The van der Waals surface area contributed by atoms with Gasteiger partial charge in [0.05, 0.1) is 5.71 Å².